The molecular weight excluding hydrogens is 434 g/mol. The number of benzene rings is 2. The summed E-state index contributed by atoms with van der Waals surface area (Å²) in [7, 11) is -3.48. The van der Waals surface area contributed by atoms with E-state index in [2.05, 4.69) is 41.4 Å². The molecule has 2 heterocycles. The molecule has 2 aliphatic rings. The first-order chi connectivity index (χ1) is 15.9. The van der Waals surface area contributed by atoms with E-state index >= 15 is 0 Å². The van der Waals surface area contributed by atoms with Crippen molar-refractivity contribution >= 4 is 22.0 Å². The van der Waals surface area contributed by atoms with Crippen LogP contribution in [0.2, 0.25) is 0 Å². The second kappa shape index (κ2) is 10.6. The lowest BCUT2D eigenvalue weighted by Gasteiger charge is -2.30. The van der Waals surface area contributed by atoms with Gasteiger partial charge < -0.3 is 5.32 Å². The second-order valence-electron chi connectivity index (χ2n) is 9.01. The SMILES string of the molecule is CC(c1ccccc1)N1CCC(NC(=O)C2CCN(S(=O)(=O)C=Cc3ccccc3)CC2)C1. The van der Waals surface area contributed by atoms with E-state index in [0.29, 0.717) is 32.0 Å². The van der Waals surface area contributed by atoms with Crippen molar-refractivity contribution < 1.29 is 13.2 Å². The molecule has 2 fully saturated rings. The van der Waals surface area contributed by atoms with E-state index in [-0.39, 0.29) is 17.9 Å². The maximum atomic E-state index is 12.9. The van der Waals surface area contributed by atoms with E-state index in [4.69, 9.17) is 0 Å². The Labute approximate surface area is 197 Å². The zero-order valence-electron chi connectivity index (χ0n) is 19.1. The van der Waals surface area contributed by atoms with Crippen molar-refractivity contribution in [2.45, 2.75) is 38.3 Å². The maximum Gasteiger partial charge on any atom is 0.236 e. The van der Waals surface area contributed by atoms with Crippen molar-refractivity contribution in [3.05, 3.63) is 77.2 Å². The smallest absolute Gasteiger partial charge is 0.236 e. The van der Waals surface area contributed by atoms with Gasteiger partial charge >= 0.3 is 0 Å². The first-order valence-corrected chi connectivity index (χ1v) is 13.3. The van der Waals surface area contributed by atoms with E-state index in [1.54, 1.807) is 6.08 Å². The number of carbonyl (C=O) groups is 1. The van der Waals surface area contributed by atoms with E-state index in [9.17, 15) is 13.2 Å². The van der Waals surface area contributed by atoms with Gasteiger partial charge in [0.1, 0.15) is 0 Å². The van der Waals surface area contributed by atoms with Crippen LogP contribution in [0.1, 0.15) is 43.4 Å². The standard InChI is InChI=1S/C26H33N3O3S/c1-21(23-10-6-3-7-11-23)28-16-14-25(20-28)27-26(30)24-12-17-29(18-13-24)33(31,32)19-15-22-8-4-2-5-9-22/h2-11,15,19,21,24-25H,12-14,16-18,20H2,1H3,(H,27,30). The molecule has 2 aromatic carbocycles. The quantitative estimate of drug-likeness (QED) is 0.675. The Balaban J connectivity index is 1.25. The number of hydrogen-bond acceptors (Lipinski definition) is 4. The first-order valence-electron chi connectivity index (χ1n) is 11.7. The Morgan fingerprint density at radius 1 is 0.970 bits per heavy atom. The molecule has 0 aliphatic carbocycles. The van der Waals surface area contributed by atoms with Gasteiger partial charge in [0.2, 0.25) is 15.9 Å². The molecule has 0 saturated carbocycles. The fourth-order valence-corrected chi connectivity index (χ4v) is 5.93. The molecule has 2 aromatic rings. The fraction of sp³-hybridized carbons (Fsp3) is 0.423. The number of carbonyl (C=O) groups excluding carboxylic acids is 1. The highest BCUT2D eigenvalue weighted by Gasteiger charge is 2.33. The fourth-order valence-electron chi connectivity index (χ4n) is 4.71. The zero-order valence-corrected chi connectivity index (χ0v) is 20.0. The molecule has 176 valence electrons. The summed E-state index contributed by atoms with van der Waals surface area (Å²) in [5, 5.41) is 4.49. The van der Waals surface area contributed by atoms with Gasteiger partial charge in [0.15, 0.2) is 0 Å². The summed E-state index contributed by atoms with van der Waals surface area (Å²) in [4.78, 5) is 15.3. The summed E-state index contributed by atoms with van der Waals surface area (Å²) in [5.74, 6) is -0.0683. The van der Waals surface area contributed by atoms with Gasteiger partial charge in [0.25, 0.3) is 0 Å². The number of likely N-dealkylation sites (tertiary alicyclic amines) is 1. The average Bonchev–Trinajstić information content (AvgIpc) is 3.32. The zero-order chi connectivity index (χ0) is 23.3. The van der Waals surface area contributed by atoms with Crippen LogP contribution in [0.25, 0.3) is 6.08 Å². The average molecular weight is 468 g/mol. The second-order valence-corrected chi connectivity index (χ2v) is 10.8. The van der Waals surface area contributed by atoms with Gasteiger partial charge in [-0.25, -0.2) is 8.42 Å². The van der Waals surface area contributed by atoms with Crippen LogP contribution < -0.4 is 5.32 Å². The van der Waals surface area contributed by atoms with Crippen molar-refractivity contribution in [2.24, 2.45) is 5.92 Å². The molecule has 33 heavy (non-hydrogen) atoms. The van der Waals surface area contributed by atoms with Crippen molar-refractivity contribution in [1.29, 1.82) is 0 Å². The molecule has 2 atom stereocenters. The number of nitrogens with zero attached hydrogens (tertiary/aromatic N) is 2. The number of hydrogen-bond donors (Lipinski definition) is 1. The lowest BCUT2D eigenvalue weighted by atomic mass is 9.97. The number of nitrogens with one attached hydrogen (secondary N) is 1. The van der Waals surface area contributed by atoms with Crippen LogP contribution in [0, 0.1) is 5.92 Å². The minimum Gasteiger partial charge on any atom is -0.352 e. The molecule has 0 aromatic heterocycles. The first kappa shape index (κ1) is 23.7. The highest BCUT2D eigenvalue weighted by atomic mass is 32.2. The van der Waals surface area contributed by atoms with E-state index < -0.39 is 10.0 Å². The minimum atomic E-state index is -3.48. The van der Waals surface area contributed by atoms with Crippen LogP contribution in [0.5, 0.6) is 0 Å². The highest BCUT2D eigenvalue weighted by molar-refractivity contribution is 7.92. The van der Waals surface area contributed by atoms with E-state index in [1.807, 2.05) is 36.4 Å². The predicted octanol–water partition coefficient (Wildman–Crippen LogP) is 3.65. The number of sulfonamides is 1. The summed E-state index contributed by atoms with van der Waals surface area (Å²) in [6.45, 7) is 4.77. The molecule has 7 heteroatoms. The molecule has 0 radical (unpaired) electrons. The van der Waals surface area contributed by atoms with Crippen LogP contribution in [-0.4, -0.2) is 55.8 Å². The third-order valence-corrected chi connectivity index (χ3v) is 8.38. The summed E-state index contributed by atoms with van der Waals surface area (Å²) >= 11 is 0. The Kier molecular flexibility index (Phi) is 7.63. The lowest BCUT2D eigenvalue weighted by Crippen LogP contribution is -2.45. The summed E-state index contributed by atoms with van der Waals surface area (Å²) in [6, 6.07) is 20.3. The van der Waals surface area contributed by atoms with Crippen LogP contribution in [0.15, 0.2) is 66.1 Å². The molecule has 2 unspecified atom stereocenters. The van der Waals surface area contributed by atoms with Gasteiger partial charge in [-0.15, -0.1) is 0 Å². The van der Waals surface area contributed by atoms with Crippen LogP contribution in [-0.2, 0) is 14.8 Å². The normalized spacial score (nSPS) is 21.9. The topological polar surface area (TPSA) is 69.7 Å². The van der Waals surface area contributed by atoms with Gasteiger partial charge in [-0.3, -0.25) is 9.69 Å². The van der Waals surface area contributed by atoms with Crippen LogP contribution >= 0.6 is 0 Å². The maximum absolute atomic E-state index is 12.9. The summed E-state index contributed by atoms with van der Waals surface area (Å²) in [6.07, 6.45) is 3.68. The molecule has 0 spiro atoms. The molecule has 2 saturated heterocycles. The van der Waals surface area contributed by atoms with Crippen molar-refractivity contribution in [3.8, 4) is 0 Å². The molecular formula is C26H33N3O3S. The molecule has 4 rings (SSSR count). The molecule has 6 nitrogen and oxygen atoms in total. The molecule has 0 bridgehead atoms. The van der Waals surface area contributed by atoms with Crippen molar-refractivity contribution in [2.75, 3.05) is 26.2 Å². The summed E-state index contributed by atoms with van der Waals surface area (Å²) < 4.78 is 26.8. The highest BCUT2D eigenvalue weighted by Crippen LogP contribution is 2.26. The number of rotatable bonds is 7. The minimum absolute atomic E-state index is 0.0612. The van der Waals surface area contributed by atoms with Crippen LogP contribution in [0.4, 0.5) is 0 Å². The van der Waals surface area contributed by atoms with Gasteiger partial charge in [-0.2, -0.15) is 4.31 Å². The van der Waals surface area contributed by atoms with Crippen molar-refractivity contribution in [3.63, 3.8) is 0 Å². The molecule has 1 amide bonds. The van der Waals surface area contributed by atoms with Gasteiger partial charge in [0, 0.05) is 49.6 Å². The van der Waals surface area contributed by atoms with E-state index in [0.717, 1.165) is 25.1 Å². The van der Waals surface area contributed by atoms with Crippen LogP contribution in [0.3, 0.4) is 0 Å². The van der Waals surface area contributed by atoms with Crippen molar-refractivity contribution in [1.82, 2.24) is 14.5 Å². The number of amides is 1. The van der Waals surface area contributed by atoms with Gasteiger partial charge in [0.05, 0.1) is 0 Å². The number of piperidine rings is 1. The van der Waals surface area contributed by atoms with E-state index in [1.165, 1.54) is 15.3 Å². The lowest BCUT2D eigenvalue weighted by molar-refractivity contribution is -0.126. The molecule has 1 N–H and O–H groups in total. The Bertz CT molecular complexity index is 1050. The predicted molar refractivity (Wildman–Crippen MR) is 132 cm³/mol. The Morgan fingerprint density at radius 2 is 1.61 bits per heavy atom. The summed E-state index contributed by atoms with van der Waals surface area (Å²) in [5.41, 5.74) is 2.14. The third kappa shape index (κ3) is 6.10. The monoisotopic (exact) mass is 467 g/mol. The van der Waals surface area contributed by atoms with Gasteiger partial charge in [-0.1, -0.05) is 60.7 Å². The Morgan fingerprint density at radius 3 is 2.27 bits per heavy atom. The third-order valence-electron chi connectivity index (χ3n) is 6.81. The molecule has 2 aliphatic heterocycles. The Hall–Kier alpha value is -2.48. The largest absolute Gasteiger partial charge is 0.352 e. The van der Waals surface area contributed by atoms with Gasteiger partial charge in [-0.05, 0) is 43.4 Å².